The number of anilines is 1. The van der Waals surface area contributed by atoms with Gasteiger partial charge in [-0.3, -0.25) is 0 Å². The third kappa shape index (κ3) is 2.02. The fourth-order valence-electron chi connectivity index (χ4n) is 1.56. The maximum atomic E-state index is 5.88. The summed E-state index contributed by atoms with van der Waals surface area (Å²) < 4.78 is 1.86. The summed E-state index contributed by atoms with van der Waals surface area (Å²) in [6.07, 6.45) is 2.75. The van der Waals surface area contributed by atoms with Gasteiger partial charge in [-0.05, 0) is 18.6 Å². The van der Waals surface area contributed by atoms with Gasteiger partial charge >= 0.3 is 0 Å². The molecule has 0 saturated heterocycles. The SMILES string of the molecule is CCCn1nncc1-c1ccc(Cl)c(N)c1. The van der Waals surface area contributed by atoms with Crippen molar-refractivity contribution in [2.24, 2.45) is 0 Å². The van der Waals surface area contributed by atoms with Crippen molar-refractivity contribution in [3.8, 4) is 11.3 Å². The molecule has 5 heteroatoms. The standard InChI is InChI=1S/C11H13ClN4/c1-2-5-16-11(7-14-15-16)8-3-4-9(12)10(13)6-8/h3-4,6-7H,2,5,13H2,1H3. The Labute approximate surface area is 99.0 Å². The van der Waals surface area contributed by atoms with Gasteiger partial charge in [0.15, 0.2) is 0 Å². The Kier molecular flexibility index (Phi) is 3.10. The van der Waals surface area contributed by atoms with Crippen LogP contribution in [-0.4, -0.2) is 15.0 Å². The molecule has 0 radical (unpaired) electrons. The zero-order valence-electron chi connectivity index (χ0n) is 9.02. The molecule has 16 heavy (non-hydrogen) atoms. The van der Waals surface area contributed by atoms with Crippen LogP contribution in [0.5, 0.6) is 0 Å². The monoisotopic (exact) mass is 236 g/mol. The molecule has 2 aromatic rings. The van der Waals surface area contributed by atoms with Crippen molar-refractivity contribution in [1.29, 1.82) is 0 Å². The summed E-state index contributed by atoms with van der Waals surface area (Å²) in [6.45, 7) is 2.94. The highest BCUT2D eigenvalue weighted by molar-refractivity contribution is 6.33. The number of benzene rings is 1. The molecule has 0 atom stereocenters. The van der Waals surface area contributed by atoms with Crippen molar-refractivity contribution in [2.75, 3.05) is 5.73 Å². The molecule has 4 nitrogen and oxygen atoms in total. The van der Waals surface area contributed by atoms with Crippen LogP contribution in [-0.2, 0) is 6.54 Å². The van der Waals surface area contributed by atoms with E-state index in [2.05, 4.69) is 17.2 Å². The van der Waals surface area contributed by atoms with Crippen molar-refractivity contribution in [1.82, 2.24) is 15.0 Å². The number of rotatable bonds is 3. The molecule has 0 amide bonds. The molecular formula is C11H13ClN4. The molecule has 0 aliphatic carbocycles. The molecule has 0 saturated carbocycles. The number of aromatic nitrogens is 3. The quantitative estimate of drug-likeness (QED) is 0.834. The van der Waals surface area contributed by atoms with E-state index in [0.717, 1.165) is 24.2 Å². The van der Waals surface area contributed by atoms with Crippen LogP contribution in [0.25, 0.3) is 11.3 Å². The van der Waals surface area contributed by atoms with Gasteiger partial charge in [-0.25, -0.2) is 4.68 Å². The van der Waals surface area contributed by atoms with E-state index in [9.17, 15) is 0 Å². The van der Waals surface area contributed by atoms with Crippen LogP contribution in [0.1, 0.15) is 13.3 Å². The third-order valence-corrected chi connectivity index (χ3v) is 2.69. The van der Waals surface area contributed by atoms with E-state index in [-0.39, 0.29) is 0 Å². The average molecular weight is 237 g/mol. The van der Waals surface area contributed by atoms with Crippen LogP contribution >= 0.6 is 11.6 Å². The van der Waals surface area contributed by atoms with Crippen LogP contribution < -0.4 is 5.73 Å². The molecule has 1 heterocycles. The Balaban J connectivity index is 2.42. The van der Waals surface area contributed by atoms with Crippen LogP contribution in [0.2, 0.25) is 5.02 Å². The molecule has 0 aliphatic rings. The molecular weight excluding hydrogens is 224 g/mol. The van der Waals surface area contributed by atoms with Crippen LogP contribution in [0.15, 0.2) is 24.4 Å². The number of nitrogen functional groups attached to an aromatic ring is 1. The first kappa shape index (κ1) is 11.0. The van der Waals surface area contributed by atoms with Crippen molar-refractivity contribution < 1.29 is 0 Å². The van der Waals surface area contributed by atoms with Crippen LogP contribution in [0.4, 0.5) is 5.69 Å². The minimum atomic E-state index is 0.568. The largest absolute Gasteiger partial charge is 0.398 e. The van der Waals surface area contributed by atoms with Gasteiger partial charge in [-0.1, -0.05) is 29.8 Å². The Hall–Kier alpha value is -1.55. The number of hydrogen-bond acceptors (Lipinski definition) is 3. The normalized spacial score (nSPS) is 10.6. The summed E-state index contributed by atoms with van der Waals surface area (Å²) in [5, 5.41) is 8.50. The topological polar surface area (TPSA) is 56.7 Å². The molecule has 1 aromatic carbocycles. The highest BCUT2D eigenvalue weighted by atomic mass is 35.5. The second kappa shape index (κ2) is 4.53. The fourth-order valence-corrected chi connectivity index (χ4v) is 1.68. The lowest BCUT2D eigenvalue weighted by molar-refractivity contribution is 0.584. The molecule has 2 N–H and O–H groups in total. The number of hydrogen-bond donors (Lipinski definition) is 1. The summed E-state index contributed by atoms with van der Waals surface area (Å²) in [7, 11) is 0. The second-order valence-electron chi connectivity index (χ2n) is 3.58. The Bertz CT molecular complexity index is 492. The Morgan fingerprint density at radius 3 is 2.94 bits per heavy atom. The molecule has 0 fully saturated rings. The van der Waals surface area contributed by atoms with Gasteiger partial charge in [0.05, 0.1) is 22.6 Å². The molecule has 1 aromatic heterocycles. The Morgan fingerprint density at radius 1 is 1.44 bits per heavy atom. The minimum Gasteiger partial charge on any atom is -0.398 e. The fraction of sp³-hybridized carbons (Fsp3) is 0.273. The summed E-state index contributed by atoms with van der Waals surface area (Å²) in [5.74, 6) is 0. The first-order valence-corrected chi connectivity index (χ1v) is 5.54. The van der Waals surface area contributed by atoms with Crippen molar-refractivity contribution in [3.63, 3.8) is 0 Å². The van der Waals surface area contributed by atoms with Gasteiger partial charge in [0.1, 0.15) is 0 Å². The molecule has 0 spiro atoms. The summed E-state index contributed by atoms with van der Waals surface area (Å²) in [5.41, 5.74) is 8.29. The Morgan fingerprint density at radius 2 is 2.25 bits per heavy atom. The van der Waals surface area contributed by atoms with E-state index in [4.69, 9.17) is 17.3 Å². The molecule has 0 unspecified atom stereocenters. The van der Waals surface area contributed by atoms with Gasteiger partial charge in [0, 0.05) is 12.1 Å². The van der Waals surface area contributed by atoms with E-state index >= 15 is 0 Å². The predicted octanol–water partition coefficient (Wildman–Crippen LogP) is 2.59. The van der Waals surface area contributed by atoms with E-state index < -0.39 is 0 Å². The maximum absolute atomic E-state index is 5.88. The van der Waals surface area contributed by atoms with Crippen LogP contribution in [0.3, 0.4) is 0 Å². The lowest BCUT2D eigenvalue weighted by atomic mass is 10.1. The lowest BCUT2D eigenvalue weighted by Gasteiger charge is -2.06. The van der Waals surface area contributed by atoms with E-state index in [1.54, 1.807) is 12.3 Å². The number of halogens is 1. The molecule has 0 bridgehead atoms. The molecule has 84 valence electrons. The number of aryl methyl sites for hydroxylation is 1. The van der Waals surface area contributed by atoms with Gasteiger partial charge < -0.3 is 5.73 Å². The first-order chi connectivity index (χ1) is 7.72. The summed E-state index contributed by atoms with van der Waals surface area (Å²) in [6, 6.07) is 5.55. The highest BCUT2D eigenvalue weighted by Gasteiger charge is 2.07. The zero-order valence-corrected chi connectivity index (χ0v) is 9.78. The number of nitrogens with zero attached hydrogens (tertiary/aromatic N) is 3. The number of nitrogens with two attached hydrogens (primary N) is 1. The van der Waals surface area contributed by atoms with Gasteiger partial charge in [0.2, 0.25) is 0 Å². The van der Waals surface area contributed by atoms with Gasteiger partial charge in [-0.2, -0.15) is 0 Å². The lowest BCUT2D eigenvalue weighted by Crippen LogP contribution is -2.01. The first-order valence-electron chi connectivity index (χ1n) is 5.16. The van der Waals surface area contributed by atoms with Gasteiger partial charge in [0.25, 0.3) is 0 Å². The van der Waals surface area contributed by atoms with Crippen molar-refractivity contribution >= 4 is 17.3 Å². The molecule has 0 aliphatic heterocycles. The van der Waals surface area contributed by atoms with Gasteiger partial charge in [-0.15, -0.1) is 5.10 Å². The molecule has 2 rings (SSSR count). The minimum absolute atomic E-state index is 0.568. The van der Waals surface area contributed by atoms with E-state index in [0.29, 0.717) is 10.7 Å². The average Bonchev–Trinajstić information content (AvgIpc) is 2.71. The van der Waals surface area contributed by atoms with Crippen molar-refractivity contribution in [3.05, 3.63) is 29.4 Å². The summed E-state index contributed by atoms with van der Waals surface area (Å²) in [4.78, 5) is 0. The predicted molar refractivity (Wildman–Crippen MR) is 65.2 cm³/mol. The second-order valence-corrected chi connectivity index (χ2v) is 3.99. The van der Waals surface area contributed by atoms with Crippen molar-refractivity contribution in [2.45, 2.75) is 19.9 Å². The summed E-state index contributed by atoms with van der Waals surface area (Å²) >= 11 is 5.88. The van der Waals surface area contributed by atoms with E-state index in [1.165, 1.54) is 0 Å². The third-order valence-electron chi connectivity index (χ3n) is 2.34. The zero-order chi connectivity index (χ0) is 11.5. The van der Waals surface area contributed by atoms with E-state index in [1.807, 2.05) is 16.8 Å². The van der Waals surface area contributed by atoms with Crippen LogP contribution in [0, 0.1) is 0 Å². The highest BCUT2D eigenvalue weighted by Crippen LogP contribution is 2.26. The maximum Gasteiger partial charge on any atom is 0.0886 e. The smallest absolute Gasteiger partial charge is 0.0886 e.